The zero-order chi connectivity index (χ0) is 22.3. The summed E-state index contributed by atoms with van der Waals surface area (Å²) in [5, 5.41) is 9.63. The highest BCUT2D eigenvalue weighted by molar-refractivity contribution is 6.84. The molecule has 0 aromatic rings. The molecular weight excluding hydrogens is 389 g/mol. The third-order valence-corrected chi connectivity index (χ3v) is 16.3. The van der Waals surface area contributed by atoms with E-state index in [1.807, 2.05) is 6.92 Å². The molecule has 0 N–H and O–H groups in total. The summed E-state index contributed by atoms with van der Waals surface area (Å²) in [6, 6.07) is 9.77. The lowest BCUT2D eigenvalue weighted by atomic mass is 9.68. The minimum Gasteiger partial charge on any atom is -0.453 e. The second kappa shape index (κ2) is 15.7. The highest BCUT2D eigenvalue weighted by atomic mass is 28.4. The average Bonchev–Trinajstić information content (AvgIpc) is 2.67. The molecule has 0 aliphatic carbocycles. The van der Waals surface area contributed by atoms with Gasteiger partial charge in [-0.25, -0.2) is 0 Å². The minimum absolute atomic E-state index is 0.0480. The zero-order valence-corrected chi connectivity index (χ0v) is 23.0. The van der Waals surface area contributed by atoms with Crippen LogP contribution < -0.4 is 0 Å². The molecule has 0 fully saturated rings. The van der Waals surface area contributed by atoms with E-state index in [0.717, 1.165) is 0 Å². The maximum absolute atomic E-state index is 9.63. The van der Waals surface area contributed by atoms with Crippen LogP contribution in [0.15, 0.2) is 0 Å². The van der Waals surface area contributed by atoms with Crippen LogP contribution in [-0.4, -0.2) is 23.8 Å². The third kappa shape index (κ3) is 9.72. The molecular formula is C23H50BNO2Si2. The standard InChI is InChI=1S/C23H50BNO2Si2/c1-9-15-28(16-10-2,17-11-3)26-24(23(8)22(7)21-25)27-29(18-12-4,19-13-5)20-14-6/h22-23H,9-20H2,1-8H3. The van der Waals surface area contributed by atoms with Gasteiger partial charge in [0.1, 0.15) is 0 Å². The highest BCUT2D eigenvalue weighted by Crippen LogP contribution is 2.37. The molecule has 0 aliphatic rings. The molecule has 0 aromatic carbocycles. The van der Waals surface area contributed by atoms with Gasteiger partial charge in [0.2, 0.25) is 0 Å². The van der Waals surface area contributed by atoms with Crippen LogP contribution in [0.2, 0.25) is 42.1 Å². The maximum Gasteiger partial charge on any atom is 0.439 e. The predicted octanol–water partition coefficient (Wildman–Crippen LogP) is 8.41. The Labute approximate surface area is 185 Å². The molecule has 2 atom stereocenters. The second-order valence-corrected chi connectivity index (χ2v) is 17.5. The zero-order valence-electron chi connectivity index (χ0n) is 21.0. The monoisotopic (exact) mass is 439 g/mol. The van der Waals surface area contributed by atoms with E-state index in [-0.39, 0.29) is 18.9 Å². The normalized spacial score (nSPS) is 14.4. The van der Waals surface area contributed by atoms with Gasteiger partial charge in [-0.3, -0.25) is 0 Å². The molecule has 0 aliphatic heterocycles. The molecule has 0 radical (unpaired) electrons. The number of nitriles is 1. The first-order valence-corrected chi connectivity index (χ1v) is 17.6. The summed E-state index contributed by atoms with van der Waals surface area (Å²) in [5.41, 5.74) is 0. The van der Waals surface area contributed by atoms with Gasteiger partial charge in [0.05, 0.1) is 6.07 Å². The first kappa shape index (κ1) is 28.9. The van der Waals surface area contributed by atoms with Crippen LogP contribution >= 0.6 is 0 Å². The van der Waals surface area contributed by atoms with Crippen LogP contribution in [0.5, 0.6) is 0 Å². The summed E-state index contributed by atoms with van der Waals surface area (Å²) in [4.78, 5) is 0. The number of hydrogen-bond donors (Lipinski definition) is 0. The second-order valence-electron chi connectivity index (χ2n) is 9.25. The smallest absolute Gasteiger partial charge is 0.439 e. The quantitative estimate of drug-likeness (QED) is 0.201. The maximum atomic E-state index is 9.63. The fourth-order valence-corrected chi connectivity index (χ4v) is 14.2. The van der Waals surface area contributed by atoms with Crippen LogP contribution in [0.1, 0.15) is 93.9 Å². The lowest BCUT2D eigenvalue weighted by Crippen LogP contribution is -2.52. The Hall–Kier alpha value is -0.0913. The molecule has 6 heteroatoms. The molecule has 0 aromatic heterocycles. The molecule has 2 unspecified atom stereocenters. The molecule has 0 spiro atoms. The van der Waals surface area contributed by atoms with Crippen LogP contribution in [-0.2, 0) is 8.69 Å². The molecule has 29 heavy (non-hydrogen) atoms. The van der Waals surface area contributed by atoms with Gasteiger partial charge in [0, 0.05) is 11.7 Å². The van der Waals surface area contributed by atoms with Crippen molar-refractivity contribution in [3.05, 3.63) is 0 Å². The van der Waals surface area contributed by atoms with Crippen LogP contribution in [0.4, 0.5) is 0 Å². The lowest BCUT2D eigenvalue weighted by molar-refractivity contribution is 0.366. The van der Waals surface area contributed by atoms with Gasteiger partial charge in [-0.2, -0.15) is 5.26 Å². The Morgan fingerprint density at radius 1 is 0.655 bits per heavy atom. The predicted molar refractivity (Wildman–Crippen MR) is 134 cm³/mol. The van der Waals surface area contributed by atoms with Crippen molar-refractivity contribution >= 4 is 23.8 Å². The van der Waals surface area contributed by atoms with Crippen LogP contribution in [0.25, 0.3) is 0 Å². The summed E-state index contributed by atoms with van der Waals surface area (Å²) in [7, 11) is -3.92. The van der Waals surface area contributed by atoms with E-state index >= 15 is 0 Å². The van der Waals surface area contributed by atoms with Crippen molar-refractivity contribution in [3.8, 4) is 6.07 Å². The van der Waals surface area contributed by atoms with Gasteiger partial charge in [0.15, 0.2) is 16.6 Å². The van der Waals surface area contributed by atoms with E-state index in [9.17, 15) is 5.26 Å². The summed E-state index contributed by atoms with van der Waals surface area (Å²) in [6.07, 6.45) is 7.10. The number of hydrogen-bond acceptors (Lipinski definition) is 3. The van der Waals surface area contributed by atoms with Gasteiger partial charge in [-0.05, 0) is 43.2 Å². The largest absolute Gasteiger partial charge is 0.453 e. The Bertz CT molecular complexity index is 397. The van der Waals surface area contributed by atoms with Gasteiger partial charge < -0.3 is 8.69 Å². The first-order valence-electron chi connectivity index (χ1n) is 12.6. The van der Waals surface area contributed by atoms with E-state index in [4.69, 9.17) is 8.69 Å². The summed E-state index contributed by atoms with van der Waals surface area (Å²) in [6.45, 7) is 18.0. The molecule has 0 heterocycles. The van der Waals surface area contributed by atoms with Gasteiger partial charge in [0.25, 0.3) is 0 Å². The highest BCUT2D eigenvalue weighted by Gasteiger charge is 2.45. The van der Waals surface area contributed by atoms with Crippen molar-refractivity contribution < 1.29 is 8.69 Å². The van der Waals surface area contributed by atoms with Crippen molar-refractivity contribution in [2.45, 2.75) is 136 Å². The summed E-state index contributed by atoms with van der Waals surface area (Å²) in [5.74, 6) is 0.0723. The SMILES string of the molecule is CCC[Si](CCC)(CCC)OB(O[Si](CCC)(CCC)CCC)C(C)C(C)C#N. The Balaban J connectivity index is 6.01. The van der Waals surface area contributed by atoms with Gasteiger partial charge in [-0.15, -0.1) is 0 Å². The Kier molecular flexibility index (Phi) is 15.6. The van der Waals surface area contributed by atoms with E-state index in [1.54, 1.807) is 0 Å². The van der Waals surface area contributed by atoms with Crippen molar-refractivity contribution in [1.82, 2.24) is 0 Å². The summed E-state index contributed by atoms with van der Waals surface area (Å²) >= 11 is 0. The lowest BCUT2D eigenvalue weighted by Gasteiger charge is -2.41. The fourth-order valence-electron chi connectivity index (χ4n) is 4.92. The summed E-state index contributed by atoms with van der Waals surface area (Å²) < 4.78 is 14.3. The molecule has 3 nitrogen and oxygen atoms in total. The van der Waals surface area contributed by atoms with Crippen molar-refractivity contribution in [1.29, 1.82) is 5.26 Å². The number of rotatable bonds is 18. The molecule has 0 bridgehead atoms. The van der Waals surface area contributed by atoms with E-state index in [1.165, 1.54) is 74.8 Å². The third-order valence-electron chi connectivity index (χ3n) is 6.39. The van der Waals surface area contributed by atoms with E-state index in [2.05, 4.69) is 54.5 Å². The molecule has 170 valence electrons. The van der Waals surface area contributed by atoms with Crippen LogP contribution in [0.3, 0.4) is 0 Å². The Morgan fingerprint density at radius 3 is 1.14 bits per heavy atom. The molecule has 0 amide bonds. The van der Waals surface area contributed by atoms with E-state index in [0.29, 0.717) is 0 Å². The molecule has 0 saturated carbocycles. The van der Waals surface area contributed by atoms with Gasteiger partial charge in [-0.1, -0.05) is 87.0 Å². The Morgan fingerprint density at radius 2 is 0.931 bits per heavy atom. The van der Waals surface area contributed by atoms with Crippen molar-refractivity contribution in [2.24, 2.45) is 5.92 Å². The van der Waals surface area contributed by atoms with Gasteiger partial charge >= 0.3 is 7.12 Å². The topological polar surface area (TPSA) is 42.2 Å². The molecule has 0 saturated heterocycles. The number of nitrogens with zero attached hydrogens (tertiary/aromatic N) is 1. The fraction of sp³-hybridized carbons (Fsp3) is 0.957. The van der Waals surface area contributed by atoms with Crippen molar-refractivity contribution in [2.75, 3.05) is 0 Å². The minimum atomic E-state index is -1.86. The van der Waals surface area contributed by atoms with Crippen molar-refractivity contribution in [3.63, 3.8) is 0 Å². The molecule has 0 rings (SSSR count). The average molecular weight is 440 g/mol. The van der Waals surface area contributed by atoms with Crippen LogP contribution in [0, 0.1) is 17.2 Å². The van der Waals surface area contributed by atoms with E-state index < -0.39 is 16.6 Å². The first-order chi connectivity index (χ1) is 13.8.